The van der Waals surface area contributed by atoms with E-state index in [1.165, 1.54) is 36.7 Å². The van der Waals surface area contributed by atoms with E-state index in [2.05, 4.69) is 28.8 Å². The fourth-order valence-electron chi connectivity index (χ4n) is 2.98. The summed E-state index contributed by atoms with van der Waals surface area (Å²) in [7, 11) is 1.61. The first-order valence-corrected chi connectivity index (χ1v) is 9.14. The Balaban J connectivity index is 2.18. The Morgan fingerprint density at radius 3 is 2.52 bits per heavy atom. The van der Waals surface area contributed by atoms with Crippen LogP contribution in [0.25, 0.3) is 11.2 Å². The third-order valence-electron chi connectivity index (χ3n) is 4.40. The number of nitrogens with zero attached hydrogens (tertiary/aromatic N) is 3. The van der Waals surface area contributed by atoms with Crippen molar-refractivity contribution in [3.63, 3.8) is 0 Å². The third-order valence-corrected chi connectivity index (χ3v) is 4.40. The summed E-state index contributed by atoms with van der Waals surface area (Å²) in [5.41, 5.74) is 0.0106. The van der Waals surface area contributed by atoms with E-state index in [4.69, 9.17) is 0 Å². The normalized spacial score (nSPS) is 11.1. The molecular weight excluding hydrogens is 318 g/mol. The predicted octanol–water partition coefficient (Wildman–Crippen LogP) is 2.77. The Labute approximate surface area is 147 Å². The number of imidazole rings is 1. The highest BCUT2D eigenvalue weighted by Gasteiger charge is 2.16. The first-order chi connectivity index (χ1) is 12.1. The highest BCUT2D eigenvalue weighted by atomic mass is 16.2. The van der Waals surface area contributed by atoms with Gasteiger partial charge in [-0.1, -0.05) is 51.5 Å². The molecule has 0 spiro atoms. The summed E-state index contributed by atoms with van der Waals surface area (Å²) in [4.78, 5) is 30.9. The molecular formula is C18H29N5O2. The van der Waals surface area contributed by atoms with E-state index >= 15 is 0 Å². The Hall–Kier alpha value is -2.31. The van der Waals surface area contributed by atoms with Crippen molar-refractivity contribution in [1.82, 2.24) is 19.1 Å². The van der Waals surface area contributed by atoms with Crippen LogP contribution in [-0.4, -0.2) is 25.6 Å². The molecule has 7 heteroatoms. The molecule has 2 aromatic rings. The average molecular weight is 347 g/mol. The monoisotopic (exact) mass is 347 g/mol. The lowest BCUT2D eigenvalue weighted by Crippen LogP contribution is -2.29. The fraction of sp³-hybridized carbons (Fsp3) is 0.611. The van der Waals surface area contributed by atoms with Crippen LogP contribution < -0.4 is 16.6 Å². The molecule has 7 nitrogen and oxygen atoms in total. The number of aryl methyl sites for hydroxylation is 2. The smallest absolute Gasteiger partial charge is 0.329 e. The van der Waals surface area contributed by atoms with Gasteiger partial charge in [0.15, 0.2) is 11.2 Å². The molecule has 2 N–H and O–H groups in total. The van der Waals surface area contributed by atoms with Crippen molar-refractivity contribution in [2.45, 2.75) is 58.4 Å². The Bertz CT molecular complexity index is 815. The Morgan fingerprint density at radius 2 is 1.84 bits per heavy atom. The van der Waals surface area contributed by atoms with E-state index in [-0.39, 0.29) is 5.56 Å². The van der Waals surface area contributed by atoms with Gasteiger partial charge in [-0.3, -0.25) is 14.3 Å². The summed E-state index contributed by atoms with van der Waals surface area (Å²) in [6.07, 6.45) is 10.1. The third kappa shape index (κ3) is 4.61. The number of rotatable bonds is 11. The number of nitrogens with one attached hydrogen (secondary N) is 2. The largest absolute Gasteiger partial charge is 0.352 e. The van der Waals surface area contributed by atoms with E-state index in [1.807, 2.05) is 4.57 Å². The molecule has 0 unspecified atom stereocenters. The molecule has 0 aliphatic carbocycles. The van der Waals surface area contributed by atoms with Gasteiger partial charge in [0.2, 0.25) is 5.95 Å². The highest BCUT2D eigenvalue weighted by molar-refractivity contribution is 5.74. The number of hydrogen-bond donors (Lipinski definition) is 2. The molecule has 0 atom stereocenters. The molecule has 0 radical (unpaired) electrons. The summed E-state index contributed by atoms with van der Waals surface area (Å²) in [6, 6.07) is 0. The van der Waals surface area contributed by atoms with E-state index < -0.39 is 5.69 Å². The van der Waals surface area contributed by atoms with Crippen LogP contribution in [0.3, 0.4) is 0 Å². The number of hydrogen-bond acceptors (Lipinski definition) is 4. The van der Waals surface area contributed by atoms with Gasteiger partial charge in [0.1, 0.15) is 0 Å². The minimum atomic E-state index is -0.451. The van der Waals surface area contributed by atoms with Gasteiger partial charge < -0.3 is 9.88 Å². The molecule has 0 bridgehead atoms. The number of fused-ring (bicyclic) bond motifs is 1. The summed E-state index contributed by atoms with van der Waals surface area (Å²) < 4.78 is 3.25. The zero-order valence-corrected chi connectivity index (χ0v) is 15.3. The van der Waals surface area contributed by atoms with Crippen LogP contribution in [0.5, 0.6) is 0 Å². The fourth-order valence-corrected chi connectivity index (χ4v) is 2.98. The molecule has 2 rings (SSSR count). The van der Waals surface area contributed by atoms with E-state index in [1.54, 1.807) is 13.1 Å². The number of aromatic amines is 1. The minimum absolute atomic E-state index is 0.389. The maximum atomic E-state index is 12.3. The summed E-state index contributed by atoms with van der Waals surface area (Å²) in [6.45, 7) is 7.16. The SMILES string of the molecule is C=CCNc1nc2c(c(=O)[nH]c(=O)n2C)n1CCCCCCCCC. The van der Waals surface area contributed by atoms with Crippen LogP contribution in [0.15, 0.2) is 22.2 Å². The van der Waals surface area contributed by atoms with Crippen molar-refractivity contribution in [3.05, 3.63) is 33.5 Å². The topological polar surface area (TPSA) is 84.7 Å². The molecule has 25 heavy (non-hydrogen) atoms. The van der Waals surface area contributed by atoms with Gasteiger partial charge in [-0.15, -0.1) is 6.58 Å². The first kappa shape index (κ1) is 19.0. The van der Waals surface area contributed by atoms with Gasteiger partial charge in [-0.05, 0) is 6.42 Å². The van der Waals surface area contributed by atoms with E-state index in [9.17, 15) is 9.59 Å². The number of anilines is 1. The molecule has 0 aromatic carbocycles. The second-order valence-corrected chi connectivity index (χ2v) is 6.37. The summed E-state index contributed by atoms with van der Waals surface area (Å²) >= 11 is 0. The molecule has 138 valence electrons. The molecule has 2 heterocycles. The van der Waals surface area contributed by atoms with Crippen LogP contribution in [-0.2, 0) is 13.6 Å². The summed E-state index contributed by atoms with van der Waals surface area (Å²) in [5.74, 6) is 0.604. The molecule has 2 aromatic heterocycles. The van der Waals surface area contributed by atoms with Gasteiger partial charge in [-0.25, -0.2) is 4.79 Å². The van der Waals surface area contributed by atoms with Gasteiger partial charge in [0, 0.05) is 20.1 Å². The zero-order chi connectivity index (χ0) is 18.2. The van der Waals surface area contributed by atoms with Crippen molar-refractivity contribution in [2.24, 2.45) is 7.05 Å². The van der Waals surface area contributed by atoms with Crippen LogP contribution in [0.1, 0.15) is 51.9 Å². The maximum Gasteiger partial charge on any atom is 0.329 e. The Morgan fingerprint density at radius 1 is 1.16 bits per heavy atom. The lowest BCUT2D eigenvalue weighted by Gasteiger charge is -2.09. The molecule has 0 fully saturated rings. The zero-order valence-electron chi connectivity index (χ0n) is 15.3. The molecule has 0 saturated heterocycles. The number of H-pyrrole nitrogens is 1. The minimum Gasteiger partial charge on any atom is -0.352 e. The van der Waals surface area contributed by atoms with E-state index in [0.717, 1.165) is 12.8 Å². The predicted molar refractivity (Wildman–Crippen MR) is 102 cm³/mol. The standard InChI is InChI=1S/C18H29N5O2/c1-4-6-7-8-9-10-11-13-23-14-15(20-17(23)19-12-5-2)22(3)18(25)21-16(14)24/h5H,2,4,6-13H2,1,3H3,(H,19,20)(H,21,24,25). The van der Waals surface area contributed by atoms with Crippen LogP contribution >= 0.6 is 0 Å². The highest BCUT2D eigenvalue weighted by Crippen LogP contribution is 2.17. The van der Waals surface area contributed by atoms with E-state index in [0.29, 0.717) is 30.2 Å². The van der Waals surface area contributed by atoms with Crippen molar-refractivity contribution < 1.29 is 0 Å². The second kappa shape index (κ2) is 9.25. The Kier molecular flexibility index (Phi) is 7.03. The van der Waals surface area contributed by atoms with Crippen molar-refractivity contribution in [3.8, 4) is 0 Å². The van der Waals surface area contributed by atoms with Gasteiger partial charge in [0.05, 0.1) is 0 Å². The maximum absolute atomic E-state index is 12.3. The van der Waals surface area contributed by atoms with Gasteiger partial charge in [-0.2, -0.15) is 4.98 Å². The first-order valence-electron chi connectivity index (χ1n) is 9.14. The number of unbranched alkanes of at least 4 members (excludes halogenated alkanes) is 6. The van der Waals surface area contributed by atoms with Crippen LogP contribution in [0.4, 0.5) is 5.95 Å². The van der Waals surface area contributed by atoms with Crippen LogP contribution in [0.2, 0.25) is 0 Å². The molecule has 0 aliphatic rings. The number of aromatic nitrogens is 4. The molecule has 0 amide bonds. The van der Waals surface area contributed by atoms with Gasteiger partial charge >= 0.3 is 5.69 Å². The lowest BCUT2D eigenvalue weighted by atomic mass is 10.1. The summed E-state index contributed by atoms with van der Waals surface area (Å²) in [5, 5.41) is 3.16. The quantitative estimate of drug-likeness (QED) is 0.483. The van der Waals surface area contributed by atoms with Crippen LogP contribution in [0, 0.1) is 0 Å². The second-order valence-electron chi connectivity index (χ2n) is 6.37. The molecule has 0 aliphatic heterocycles. The average Bonchev–Trinajstić information content (AvgIpc) is 2.96. The van der Waals surface area contributed by atoms with Crippen molar-refractivity contribution >= 4 is 17.1 Å². The molecule has 0 saturated carbocycles. The lowest BCUT2D eigenvalue weighted by molar-refractivity contribution is 0.556. The van der Waals surface area contributed by atoms with Gasteiger partial charge in [0.25, 0.3) is 5.56 Å². The van der Waals surface area contributed by atoms with Crippen molar-refractivity contribution in [2.75, 3.05) is 11.9 Å². The van der Waals surface area contributed by atoms with Crippen molar-refractivity contribution in [1.29, 1.82) is 0 Å².